The van der Waals surface area contributed by atoms with Gasteiger partial charge in [-0.05, 0) is 25.7 Å². The summed E-state index contributed by atoms with van der Waals surface area (Å²) < 4.78 is 4.88. The molecule has 0 aromatic carbocycles. The number of ketones is 1. The molecule has 0 unspecified atom stereocenters. The minimum absolute atomic E-state index is 0.108. The number of ether oxygens (including phenoxy) is 1. The fourth-order valence-corrected chi connectivity index (χ4v) is 1.38. The van der Waals surface area contributed by atoms with Crippen molar-refractivity contribution in [2.45, 2.75) is 38.2 Å². The maximum Gasteiger partial charge on any atom is 0.375 e. The summed E-state index contributed by atoms with van der Waals surface area (Å²) in [4.78, 5) is 31.7. The first-order valence-corrected chi connectivity index (χ1v) is 4.41. The van der Waals surface area contributed by atoms with Gasteiger partial charge in [0, 0.05) is 0 Å². The maximum atomic E-state index is 11.0. The van der Waals surface area contributed by atoms with Crippen LogP contribution in [0.25, 0.3) is 0 Å². The van der Waals surface area contributed by atoms with Crippen LogP contribution >= 0.6 is 0 Å². The van der Waals surface area contributed by atoms with Crippen molar-refractivity contribution in [2.24, 2.45) is 0 Å². The van der Waals surface area contributed by atoms with Gasteiger partial charge >= 0.3 is 5.97 Å². The van der Waals surface area contributed by atoms with E-state index in [-0.39, 0.29) is 12.5 Å². The maximum absolute atomic E-state index is 11.0. The summed E-state index contributed by atoms with van der Waals surface area (Å²) in [6.07, 6.45) is 3.69. The molecular formula is C9H12O4. The molecule has 1 saturated carbocycles. The first kappa shape index (κ1) is 9.89. The predicted octanol–water partition coefficient (Wildman–Crippen LogP) is 0.630. The molecule has 4 heteroatoms. The number of hydrogen-bond acceptors (Lipinski definition) is 4. The predicted molar refractivity (Wildman–Crippen MR) is 44.0 cm³/mol. The van der Waals surface area contributed by atoms with Gasteiger partial charge in [-0.1, -0.05) is 0 Å². The summed E-state index contributed by atoms with van der Waals surface area (Å²) in [5.41, 5.74) is 0. The smallest absolute Gasteiger partial charge is 0.375 e. The summed E-state index contributed by atoms with van der Waals surface area (Å²) in [7, 11) is 0. The van der Waals surface area contributed by atoms with Crippen molar-refractivity contribution in [3.8, 4) is 0 Å². The van der Waals surface area contributed by atoms with Gasteiger partial charge in [0.1, 0.15) is 12.4 Å². The van der Waals surface area contributed by atoms with Crippen LogP contribution in [0, 0.1) is 0 Å². The highest BCUT2D eigenvalue weighted by atomic mass is 16.5. The number of hydrogen-bond donors (Lipinski definition) is 0. The number of carbonyl (C=O) groups excluding carboxylic acids is 3. The van der Waals surface area contributed by atoms with E-state index in [2.05, 4.69) is 0 Å². The first-order chi connectivity index (χ1) is 6.24. The van der Waals surface area contributed by atoms with Crippen LogP contribution in [0.4, 0.5) is 0 Å². The Hall–Kier alpha value is -1.19. The number of aldehydes is 1. The third kappa shape index (κ3) is 2.97. The van der Waals surface area contributed by atoms with E-state index in [1.54, 1.807) is 0 Å². The summed E-state index contributed by atoms with van der Waals surface area (Å²) in [5, 5.41) is 0. The van der Waals surface area contributed by atoms with E-state index in [0.717, 1.165) is 25.7 Å². The Labute approximate surface area is 76.3 Å². The number of esters is 1. The lowest BCUT2D eigenvalue weighted by Crippen LogP contribution is -2.22. The summed E-state index contributed by atoms with van der Waals surface area (Å²) >= 11 is 0. The summed E-state index contributed by atoms with van der Waals surface area (Å²) in [6.45, 7) is 0. The molecule has 0 aromatic rings. The molecule has 0 N–H and O–H groups in total. The Kier molecular flexibility index (Phi) is 3.61. The first-order valence-electron chi connectivity index (χ1n) is 4.41. The van der Waals surface area contributed by atoms with Crippen LogP contribution in [0.15, 0.2) is 0 Å². The van der Waals surface area contributed by atoms with E-state index in [1.165, 1.54) is 0 Å². The molecule has 1 aliphatic rings. The molecule has 0 saturated heterocycles. The number of rotatable bonds is 4. The van der Waals surface area contributed by atoms with Crippen LogP contribution in [0.1, 0.15) is 32.1 Å². The fourth-order valence-electron chi connectivity index (χ4n) is 1.38. The molecule has 0 aliphatic heterocycles. The normalized spacial score (nSPS) is 16.9. The van der Waals surface area contributed by atoms with Crippen LogP contribution in [-0.4, -0.2) is 24.1 Å². The zero-order chi connectivity index (χ0) is 9.68. The van der Waals surface area contributed by atoms with Crippen molar-refractivity contribution in [1.29, 1.82) is 0 Å². The van der Waals surface area contributed by atoms with Gasteiger partial charge in [0.2, 0.25) is 5.78 Å². The Morgan fingerprint density at radius 2 is 1.92 bits per heavy atom. The molecule has 0 atom stereocenters. The molecule has 4 nitrogen and oxygen atoms in total. The average Bonchev–Trinajstić information content (AvgIpc) is 2.57. The highest BCUT2D eigenvalue weighted by Crippen LogP contribution is 2.20. The van der Waals surface area contributed by atoms with Gasteiger partial charge < -0.3 is 9.53 Å². The SMILES string of the molecule is O=CCC(=O)C(=O)OC1CCCC1. The summed E-state index contributed by atoms with van der Waals surface area (Å²) in [5.74, 6) is -1.61. The average molecular weight is 184 g/mol. The fraction of sp³-hybridized carbons (Fsp3) is 0.667. The van der Waals surface area contributed by atoms with Crippen molar-refractivity contribution >= 4 is 18.0 Å². The second-order valence-electron chi connectivity index (χ2n) is 3.11. The molecule has 0 bridgehead atoms. The molecule has 0 heterocycles. The second kappa shape index (κ2) is 4.74. The molecule has 1 aliphatic carbocycles. The molecule has 0 aromatic heterocycles. The van der Waals surface area contributed by atoms with Gasteiger partial charge in [-0.2, -0.15) is 0 Å². The van der Waals surface area contributed by atoms with Crippen molar-refractivity contribution in [1.82, 2.24) is 0 Å². The summed E-state index contributed by atoms with van der Waals surface area (Å²) in [6, 6.07) is 0. The minimum Gasteiger partial charge on any atom is -0.457 e. The van der Waals surface area contributed by atoms with Gasteiger partial charge in [-0.15, -0.1) is 0 Å². The Bertz CT molecular complexity index is 216. The number of carbonyl (C=O) groups is 3. The Morgan fingerprint density at radius 1 is 1.31 bits per heavy atom. The van der Waals surface area contributed by atoms with E-state index < -0.39 is 11.8 Å². The second-order valence-corrected chi connectivity index (χ2v) is 3.11. The minimum atomic E-state index is -0.862. The van der Waals surface area contributed by atoms with Crippen molar-refractivity contribution < 1.29 is 19.1 Å². The standard InChI is InChI=1S/C9H12O4/c10-6-5-8(11)9(12)13-7-3-1-2-4-7/h6-7H,1-5H2. The highest BCUT2D eigenvalue weighted by Gasteiger charge is 2.22. The Balaban J connectivity index is 2.30. The molecule has 72 valence electrons. The van der Waals surface area contributed by atoms with E-state index in [9.17, 15) is 14.4 Å². The highest BCUT2D eigenvalue weighted by molar-refractivity contribution is 6.35. The van der Waals surface area contributed by atoms with Crippen molar-refractivity contribution in [2.75, 3.05) is 0 Å². The quantitative estimate of drug-likeness (QED) is 0.278. The molecular weight excluding hydrogens is 172 g/mol. The lowest BCUT2D eigenvalue weighted by molar-refractivity contribution is -0.158. The molecule has 13 heavy (non-hydrogen) atoms. The van der Waals surface area contributed by atoms with E-state index >= 15 is 0 Å². The molecule has 1 fully saturated rings. The zero-order valence-electron chi connectivity index (χ0n) is 7.32. The van der Waals surface area contributed by atoms with E-state index in [0.29, 0.717) is 6.29 Å². The Morgan fingerprint density at radius 3 is 2.46 bits per heavy atom. The van der Waals surface area contributed by atoms with Crippen LogP contribution in [-0.2, 0) is 19.1 Å². The zero-order valence-corrected chi connectivity index (χ0v) is 7.32. The van der Waals surface area contributed by atoms with Crippen LogP contribution in [0.2, 0.25) is 0 Å². The monoisotopic (exact) mass is 184 g/mol. The molecule has 0 amide bonds. The largest absolute Gasteiger partial charge is 0.457 e. The lowest BCUT2D eigenvalue weighted by atomic mass is 10.3. The van der Waals surface area contributed by atoms with Crippen LogP contribution in [0.3, 0.4) is 0 Å². The lowest BCUT2D eigenvalue weighted by Gasteiger charge is -2.08. The number of Topliss-reactive ketones (excluding diaryl/α,β-unsaturated/α-hetero) is 1. The van der Waals surface area contributed by atoms with Gasteiger partial charge in [-0.25, -0.2) is 4.79 Å². The molecule has 1 rings (SSSR count). The van der Waals surface area contributed by atoms with Crippen LogP contribution < -0.4 is 0 Å². The van der Waals surface area contributed by atoms with Crippen molar-refractivity contribution in [3.05, 3.63) is 0 Å². The van der Waals surface area contributed by atoms with Crippen LogP contribution in [0.5, 0.6) is 0 Å². The van der Waals surface area contributed by atoms with Gasteiger partial charge in [-0.3, -0.25) is 4.79 Å². The third-order valence-corrected chi connectivity index (χ3v) is 2.07. The third-order valence-electron chi connectivity index (χ3n) is 2.07. The van der Waals surface area contributed by atoms with Crippen molar-refractivity contribution in [3.63, 3.8) is 0 Å². The van der Waals surface area contributed by atoms with E-state index in [4.69, 9.17) is 4.74 Å². The topological polar surface area (TPSA) is 60.4 Å². The molecule has 0 spiro atoms. The van der Waals surface area contributed by atoms with Gasteiger partial charge in [0.15, 0.2) is 0 Å². The van der Waals surface area contributed by atoms with E-state index in [1.807, 2.05) is 0 Å². The van der Waals surface area contributed by atoms with Gasteiger partial charge in [0.05, 0.1) is 6.42 Å². The molecule has 0 radical (unpaired) electrons. The van der Waals surface area contributed by atoms with Gasteiger partial charge in [0.25, 0.3) is 0 Å².